The minimum atomic E-state index is 0.501. The summed E-state index contributed by atoms with van der Waals surface area (Å²) in [7, 11) is 0. The molecule has 0 aliphatic rings. The number of hydrogen-bond donors (Lipinski definition) is 2. The molecule has 6 heteroatoms. The van der Waals surface area contributed by atoms with Crippen molar-refractivity contribution in [3.05, 3.63) is 71.8 Å². The highest BCUT2D eigenvalue weighted by molar-refractivity contribution is 7.98. The lowest BCUT2D eigenvalue weighted by Crippen LogP contribution is -2.29. The molecule has 0 fully saturated rings. The van der Waals surface area contributed by atoms with E-state index in [2.05, 4.69) is 23.3 Å². The fourth-order valence-electron chi connectivity index (χ4n) is 2.14. The highest BCUT2D eigenvalue weighted by Crippen LogP contribution is 2.21. The maximum Gasteiger partial charge on any atom is 0.170 e. The second kappa shape index (κ2) is 11.8. The molecule has 0 saturated carbocycles. The van der Waals surface area contributed by atoms with Gasteiger partial charge in [-0.3, -0.25) is 0 Å². The summed E-state index contributed by atoms with van der Waals surface area (Å²) in [5.41, 5.74) is 2.12. The van der Waals surface area contributed by atoms with Crippen LogP contribution in [-0.4, -0.2) is 24.0 Å². The minimum absolute atomic E-state index is 0.501. The Morgan fingerprint density at radius 2 is 1.96 bits per heavy atom. The second-order valence-corrected chi connectivity index (χ2v) is 7.42. The third kappa shape index (κ3) is 7.68. The molecule has 2 aromatic carbocycles. The Hall–Kier alpha value is -1.69. The van der Waals surface area contributed by atoms with Crippen LogP contribution in [0.3, 0.4) is 0 Å². The van der Waals surface area contributed by atoms with Crippen LogP contribution in [0.1, 0.15) is 12.0 Å². The van der Waals surface area contributed by atoms with Crippen molar-refractivity contribution >= 4 is 46.4 Å². The predicted molar refractivity (Wildman–Crippen MR) is 119 cm³/mol. The van der Waals surface area contributed by atoms with Gasteiger partial charge in [-0.05, 0) is 60.3 Å². The molecular formula is C20H23ClN2OS2. The highest BCUT2D eigenvalue weighted by Gasteiger charge is 2.00. The summed E-state index contributed by atoms with van der Waals surface area (Å²) in [4.78, 5) is 0. The maximum atomic E-state index is 6.15. The van der Waals surface area contributed by atoms with E-state index < -0.39 is 0 Å². The number of thiocarbonyl (C=S) groups is 1. The number of thioether (sulfide) groups is 1. The fraction of sp³-hybridized carbons (Fsp3) is 0.250. The quantitative estimate of drug-likeness (QED) is 0.308. The standard InChI is InChI=1S/C20H23ClN2OS2/c1-2-13-24-18-10-8-17(9-11-18)23-20(25)22-12-5-14-26-15-16-6-3-4-7-19(16)21/h2-4,6-11H,1,5,12-15H2,(H2,22,23,25). The van der Waals surface area contributed by atoms with E-state index in [9.17, 15) is 0 Å². The van der Waals surface area contributed by atoms with Crippen LogP contribution in [-0.2, 0) is 5.75 Å². The van der Waals surface area contributed by atoms with Crippen LogP contribution in [0.15, 0.2) is 61.2 Å². The molecule has 0 atom stereocenters. The molecule has 0 aliphatic carbocycles. The van der Waals surface area contributed by atoms with Crippen LogP contribution in [0.4, 0.5) is 5.69 Å². The maximum absolute atomic E-state index is 6.15. The molecule has 2 N–H and O–H groups in total. The van der Waals surface area contributed by atoms with Gasteiger partial charge >= 0.3 is 0 Å². The third-order valence-corrected chi connectivity index (χ3v) is 5.15. The Balaban J connectivity index is 1.58. The molecule has 2 rings (SSSR count). The van der Waals surface area contributed by atoms with Crippen molar-refractivity contribution in [2.75, 3.05) is 24.2 Å². The van der Waals surface area contributed by atoms with E-state index >= 15 is 0 Å². The van der Waals surface area contributed by atoms with Crippen molar-refractivity contribution in [1.82, 2.24) is 5.32 Å². The molecular weight excluding hydrogens is 384 g/mol. The lowest BCUT2D eigenvalue weighted by atomic mass is 10.2. The van der Waals surface area contributed by atoms with Crippen molar-refractivity contribution in [3.63, 3.8) is 0 Å². The lowest BCUT2D eigenvalue weighted by molar-refractivity contribution is 0.363. The highest BCUT2D eigenvalue weighted by atomic mass is 35.5. The molecule has 0 amide bonds. The fourth-order valence-corrected chi connectivity index (χ4v) is 3.60. The first-order valence-electron chi connectivity index (χ1n) is 8.39. The molecule has 138 valence electrons. The zero-order valence-corrected chi connectivity index (χ0v) is 16.9. The number of rotatable bonds is 10. The summed E-state index contributed by atoms with van der Waals surface area (Å²) < 4.78 is 5.45. The van der Waals surface area contributed by atoms with Crippen LogP contribution < -0.4 is 15.4 Å². The van der Waals surface area contributed by atoms with E-state index in [1.807, 2.05) is 54.2 Å². The van der Waals surface area contributed by atoms with E-state index in [1.165, 1.54) is 5.56 Å². The van der Waals surface area contributed by atoms with Crippen molar-refractivity contribution in [1.29, 1.82) is 0 Å². The molecule has 0 saturated heterocycles. The van der Waals surface area contributed by atoms with E-state index in [1.54, 1.807) is 6.08 Å². The first-order valence-corrected chi connectivity index (χ1v) is 10.3. The Bertz CT molecular complexity index is 707. The Kier molecular flexibility index (Phi) is 9.39. The topological polar surface area (TPSA) is 33.3 Å². The molecule has 2 aromatic rings. The molecule has 0 aliphatic heterocycles. The monoisotopic (exact) mass is 406 g/mol. The van der Waals surface area contributed by atoms with Crippen molar-refractivity contribution in [3.8, 4) is 5.75 Å². The van der Waals surface area contributed by atoms with Crippen LogP contribution in [0.5, 0.6) is 5.75 Å². The third-order valence-electron chi connectivity index (χ3n) is 3.45. The van der Waals surface area contributed by atoms with E-state index in [-0.39, 0.29) is 0 Å². The SMILES string of the molecule is C=CCOc1ccc(NC(=S)NCCCSCc2ccccc2Cl)cc1. The Labute approximate surface area is 170 Å². The van der Waals surface area contributed by atoms with Gasteiger partial charge in [-0.25, -0.2) is 0 Å². The normalized spacial score (nSPS) is 10.2. The molecule has 0 bridgehead atoms. The van der Waals surface area contributed by atoms with Gasteiger partial charge < -0.3 is 15.4 Å². The number of anilines is 1. The number of ether oxygens (including phenoxy) is 1. The van der Waals surface area contributed by atoms with Gasteiger partial charge in [0.1, 0.15) is 12.4 Å². The Morgan fingerprint density at radius 3 is 2.69 bits per heavy atom. The number of nitrogens with one attached hydrogen (secondary N) is 2. The molecule has 26 heavy (non-hydrogen) atoms. The van der Waals surface area contributed by atoms with Crippen LogP contribution in [0, 0.1) is 0 Å². The van der Waals surface area contributed by atoms with Crippen LogP contribution in [0.25, 0.3) is 0 Å². The minimum Gasteiger partial charge on any atom is -0.490 e. The summed E-state index contributed by atoms with van der Waals surface area (Å²) in [5, 5.41) is 7.86. The molecule has 0 spiro atoms. The predicted octanol–water partition coefficient (Wildman–Crippen LogP) is 5.51. The van der Waals surface area contributed by atoms with Crippen molar-refractivity contribution < 1.29 is 4.74 Å². The van der Waals surface area contributed by atoms with Crippen molar-refractivity contribution in [2.24, 2.45) is 0 Å². The largest absolute Gasteiger partial charge is 0.490 e. The molecule has 0 aromatic heterocycles. The summed E-state index contributed by atoms with van der Waals surface area (Å²) in [5.74, 6) is 2.80. The number of halogens is 1. The Morgan fingerprint density at radius 1 is 1.19 bits per heavy atom. The summed E-state index contributed by atoms with van der Waals surface area (Å²) in [6.07, 6.45) is 2.75. The molecule has 0 radical (unpaired) electrons. The zero-order valence-electron chi connectivity index (χ0n) is 14.5. The smallest absolute Gasteiger partial charge is 0.170 e. The van der Waals surface area contributed by atoms with Crippen molar-refractivity contribution in [2.45, 2.75) is 12.2 Å². The summed E-state index contributed by atoms with van der Waals surface area (Å²) in [6, 6.07) is 15.7. The van der Waals surface area contributed by atoms with Gasteiger partial charge in [0.15, 0.2) is 5.11 Å². The van der Waals surface area contributed by atoms with Gasteiger partial charge in [-0.15, -0.1) is 0 Å². The van der Waals surface area contributed by atoms with E-state index in [4.69, 9.17) is 28.6 Å². The average Bonchev–Trinajstić information content (AvgIpc) is 2.65. The summed E-state index contributed by atoms with van der Waals surface area (Å²) in [6.45, 7) is 4.97. The van der Waals surface area contributed by atoms with Gasteiger partial charge in [-0.1, -0.05) is 42.5 Å². The van der Waals surface area contributed by atoms with E-state index in [0.29, 0.717) is 11.7 Å². The lowest BCUT2D eigenvalue weighted by Gasteiger charge is -2.11. The molecule has 0 heterocycles. The van der Waals surface area contributed by atoms with Gasteiger partial charge in [0.2, 0.25) is 0 Å². The molecule has 0 unspecified atom stereocenters. The zero-order chi connectivity index (χ0) is 18.6. The van der Waals surface area contributed by atoms with Gasteiger partial charge in [0.05, 0.1) is 0 Å². The summed E-state index contributed by atoms with van der Waals surface area (Å²) >= 11 is 13.3. The van der Waals surface area contributed by atoms with Crippen LogP contribution >= 0.6 is 35.6 Å². The van der Waals surface area contributed by atoms with Gasteiger partial charge in [0.25, 0.3) is 0 Å². The van der Waals surface area contributed by atoms with E-state index in [0.717, 1.165) is 40.9 Å². The van der Waals surface area contributed by atoms with Crippen LogP contribution in [0.2, 0.25) is 5.02 Å². The number of hydrogen-bond acceptors (Lipinski definition) is 3. The number of benzene rings is 2. The van der Waals surface area contributed by atoms with Gasteiger partial charge in [-0.2, -0.15) is 11.8 Å². The molecule has 3 nitrogen and oxygen atoms in total. The second-order valence-electron chi connectivity index (χ2n) is 5.50. The average molecular weight is 407 g/mol. The first-order chi connectivity index (χ1) is 12.7. The first kappa shape index (κ1) is 20.6. The van der Waals surface area contributed by atoms with Gasteiger partial charge in [0, 0.05) is 23.0 Å².